The zero-order valence-electron chi connectivity index (χ0n) is 10.9. The first-order chi connectivity index (χ1) is 10.1. The molecule has 0 atom stereocenters. The molecule has 4 N–H and O–H groups in total. The van der Waals surface area contributed by atoms with Crippen LogP contribution in [-0.2, 0) is 6.54 Å². The molecular formula is C13H13FN4OS2. The fourth-order valence-electron chi connectivity index (χ4n) is 1.43. The molecule has 0 bridgehead atoms. The summed E-state index contributed by atoms with van der Waals surface area (Å²) >= 11 is 10.1. The summed E-state index contributed by atoms with van der Waals surface area (Å²) in [6, 6.07) is 9.48. The third-order valence-corrected chi connectivity index (χ3v) is 2.85. The molecule has 2 aromatic rings. The van der Waals surface area contributed by atoms with Gasteiger partial charge in [0.05, 0.1) is 12.8 Å². The number of thiocarbonyl (C=S) groups is 2. The Labute approximate surface area is 131 Å². The van der Waals surface area contributed by atoms with Gasteiger partial charge in [0.25, 0.3) is 0 Å². The molecule has 2 rings (SSSR count). The van der Waals surface area contributed by atoms with Gasteiger partial charge in [-0.05, 0) is 60.8 Å². The largest absolute Gasteiger partial charge is 0.467 e. The SMILES string of the molecule is Fc1ccc(NC(=S)NNC(=S)NCc2ccco2)cc1. The second kappa shape index (κ2) is 7.55. The molecule has 1 heterocycles. The van der Waals surface area contributed by atoms with Crippen molar-refractivity contribution in [3.05, 3.63) is 54.2 Å². The maximum absolute atomic E-state index is 12.8. The van der Waals surface area contributed by atoms with Crippen molar-refractivity contribution in [1.82, 2.24) is 16.2 Å². The third kappa shape index (κ3) is 5.36. The summed E-state index contributed by atoms with van der Waals surface area (Å²) < 4.78 is 17.9. The van der Waals surface area contributed by atoms with Gasteiger partial charge >= 0.3 is 0 Å². The van der Waals surface area contributed by atoms with Crippen LogP contribution in [0.3, 0.4) is 0 Å². The van der Waals surface area contributed by atoms with Gasteiger partial charge in [-0.15, -0.1) is 0 Å². The topological polar surface area (TPSA) is 61.3 Å². The molecule has 110 valence electrons. The lowest BCUT2D eigenvalue weighted by Gasteiger charge is -2.13. The van der Waals surface area contributed by atoms with Gasteiger partial charge < -0.3 is 15.1 Å². The highest BCUT2D eigenvalue weighted by molar-refractivity contribution is 7.80. The number of hydrogen-bond donors (Lipinski definition) is 4. The molecule has 0 unspecified atom stereocenters. The van der Waals surface area contributed by atoms with E-state index in [1.807, 2.05) is 6.07 Å². The van der Waals surface area contributed by atoms with Crippen LogP contribution in [0.25, 0.3) is 0 Å². The number of furan rings is 1. The lowest BCUT2D eigenvalue weighted by atomic mass is 10.3. The second-order valence-electron chi connectivity index (χ2n) is 3.97. The molecule has 1 aromatic carbocycles. The first kappa shape index (κ1) is 15.2. The summed E-state index contributed by atoms with van der Waals surface area (Å²) in [6.07, 6.45) is 1.59. The van der Waals surface area contributed by atoms with Crippen molar-refractivity contribution in [2.75, 3.05) is 5.32 Å². The van der Waals surface area contributed by atoms with Crippen LogP contribution >= 0.6 is 24.4 Å². The smallest absolute Gasteiger partial charge is 0.189 e. The zero-order chi connectivity index (χ0) is 15.1. The van der Waals surface area contributed by atoms with Crippen molar-refractivity contribution in [2.45, 2.75) is 6.54 Å². The summed E-state index contributed by atoms with van der Waals surface area (Å²) in [5, 5.41) is 6.50. The van der Waals surface area contributed by atoms with Crippen LogP contribution in [0.4, 0.5) is 10.1 Å². The van der Waals surface area contributed by atoms with Crippen molar-refractivity contribution in [2.24, 2.45) is 0 Å². The molecule has 0 amide bonds. The van der Waals surface area contributed by atoms with E-state index in [9.17, 15) is 4.39 Å². The van der Waals surface area contributed by atoms with Crippen LogP contribution in [0.15, 0.2) is 47.1 Å². The Balaban J connectivity index is 1.68. The fraction of sp³-hybridized carbons (Fsp3) is 0.0769. The number of halogens is 1. The molecule has 5 nitrogen and oxygen atoms in total. The average molecular weight is 324 g/mol. The van der Waals surface area contributed by atoms with E-state index in [-0.39, 0.29) is 5.82 Å². The summed E-state index contributed by atoms with van der Waals surface area (Å²) in [6.45, 7) is 0.471. The Hall–Kier alpha value is -2.19. The quantitative estimate of drug-likeness (QED) is 0.510. The molecule has 0 aliphatic carbocycles. The van der Waals surface area contributed by atoms with Crippen LogP contribution in [0.2, 0.25) is 0 Å². The Morgan fingerprint density at radius 1 is 1.05 bits per heavy atom. The van der Waals surface area contributed by atoms with Crippen molar-refractivity contribution in [3.63, 3.8) is 0 Å². The molecule has 21 heavy (non-hydrogen) atoms. The van der Waals surface area contributed by atoms with Crippen molar-refractivity contribution in [3.8, 4) is 0 Å². The Kier molecular flexibility index (Phi) is 5.47. The van der Waals surface area contributed by atoms with E-state index in [4.69, 9.17) is 28.9 Å². The number of nitrogens with one attached hydrogen (secondary N) is 4. The first-order valence-electron chi connectivity index (χ1n) is 6.02. The van der Waals surface area contributed by atoms with Gasteiger partial charge in [-0.1, -0.05) is 0 Å². The molecule has 1 aromatic heterocycles. The van der Waals surface area contributed by atoms with Gasteiger partial charge in [-0.25, -0.2) is 4.39 Å². The molecule has 0 fully saturated rings. The number of rotatable bonds is 3. The molecule has 0 aliphatic rings. The van der Waals surface area contributed by atoms with E-state index in [0.717, 1.165) is 5.76 Å². The Morgan fingerprint density at radius 2 is 1.76 bits per heavy atom. The average Bonchev–Trinajstić information content (AvgIpc) is 2.99. The van der Waals surface area contributed by atoms with E-state index in [1.165, 1.54) is 12.1 Å². The van der Waals surface area contributed by atoms with Gasteiger partial charge in [-0.3, -0.25) is 10.9 Å². The van der Waals surface area contributed by atoms with Crippen LogP contribution in [-0.4, -0.2) is 10.2 Å². The standard InChI is InChI=1S/C13H13FN4OS2/c14-9-3-5-10(6-4-9)16-13(21)18-17-12(20)15-8-11-2-1-7-19-11/h1-7H,8H2,(H2,15,17,20)(H2,16,18,21). The zero-order valence-corrected chi connectivity index (χ0v) is 12.5. The number of anilines is 1. The molecule has 8 heteroatoms. The highest BCUT2D eigenvalue weighted by Crippen LogP contribution is 2.07. The molecule has 0 radical (unpaired) electrons. The van der Waals surface area contributed by atoms with Crippen molar-refractivity contribution >= 4 is 40.3 Å². The number of benzene rings is 1. The van der Waals surface area contributed by atoms with E-state index < -0.39 is 0 Å². The van der Waals surface area contributed by atoms with Crippen LogP contribution in [0, 0.1) is 5.82 Å². The Bertz CT molecular complexity index is 601. The van der Waals surface area contributed by atoms with E-state index >= 15 is 0 Å². The lowest BCUT2D eigenvalue weighted by Crippen LogP contribution is -2.47. The minimum Gasteiger partial charge on any atom is -0.467 e. The molecule has 0 saturated heterocycles. The normalized spacial score (nSPS) is 9.76. The van der Waals surface area contributed by atoms with Gasteiger partial charge in [-0.2, -0.15) is 0 Å². The minimum atomic E-state index is -0.305. The van der Waals surface area contributed by atoms with Crippen LogP contribution in [0.5, 0.6) is 0 Å². The summed E-state index contributed by atoms with van der Waals surface area (Å²) in [5.74, 6) is 0.465. The second-order valence-corrected chi connectivity index (χ2v) is 4.79. The van der Waals surface area contributed by atoms with E-state index in [2.05, 4.69) is 21.5 Å². The van der Waals surface area contributed by atoms with Crippen LogP contribution in [0.1, 0.15) is 5.76 Å². The summed E-state index contributed by atoms with van der Waals surface area (Å²) in [5.41, 5.74) is 6.12. The van der Waals surface area contributed by atoms with E-state index in [1.54, 1.807) is 24.5 Å². The molecule has 0 spiro atoms. The Morgan fingerprint density at radius 3 is 2.43 bits per heavy atom. The van der Waals surface area contributed by atoms with Crippen LogP contribution < -0.4 is 21.5 Å². The third-order valence-electron chi connectivity index (χ3n) is 2.39. The fourth-order valence-corrected chi connectivity index (χ4v) is 1.73. The van der Waals surface area contributed by atoms with Gasteiger partial charge in [0, 0.05) is 5.69 Å². The highest BCUT2D eigenvalue weighted by atomic mass is 32.1. The predicted molar refractivity (Wildman–Crippen MR) is 87.0 cm³/mol. The minimum absolute atomic E-state index is 0.305. The van der Waals surface area contributed by atoms with E-state index in [0.29, 0.717) is 22.5 Å². The molecular weight excluding hydrogens is 311 g/mol. The number of hydrogen-bond acceptors (Lipinski definition) is 3. The summed E-state index contributed by atoms with van der Waals surface area (Å²) in [7, 11) is 0. The van der Waals surface area contributed by atoms with Gasteiger partial charge in [0.2, 0.25) is 0 Å². The first-order valence-corrected chi connectivity index (χ1v) is 6.84. The van der Waals surface area contributed by atoms with Gasteiger partial charge in [0.1, 0.15) is 11.6 Å². The predicted octanol–water partition coefficient (Wildman–Crippen LogP) is 2.28. The van der Waals surface area contributed by atoms with Gasteiger partial charge in [0.15, 0.2) is 10.2 Å². The number of hydrazine groups is 1. The molecule has 0 saturated carbocycles. The molecule has 0 aliphatic heterocycles. The lowest BCUT2D eigenvalue weighted by molar-refractivity contribution is 0.502. The van der Waals surface area contributed by atoms with Crippen molar-refractivity contribution < 1.29 is 8.81 Å². The maximum Gasteiger partial charge on any atom is 0.189 e. The monoisotopic (exact) mass is 324 g/mol. The van der Waals surface area contributed by atoms with Crippen molar-refractivity contribution in [1.29, 1.82) is 0 Å². The summed E-state index contributed by atoms with van der Waals surface area (Å²) in [4.78, 5) is 0. The highest BCUT2D eigenvalue weighted by Gasteiger charge is 2.00. The maximum atomic E-state index is 12.8.